The van der Waals surface area contributed by atoms with Crippen LogP contribution in [0.3, 0.4) is 0 Å². The highest BCUT2D eigenvalue weighted by molar-refractivity contribution is 8.15. The van der Waals surface area contributed by atoms with Gasteiger partial charge >= 0.3 is 0 Å². The van der Waals surface area contributed by atoms with Gasteiger partial charge in [0.15, 0.2) is 5.17 Å². The van der Waals surface area contributed by atoms with Gasteiger partial charge in [-0.05, 0) is 37.1 Å². The Morgan fingerprint density at radius 1 is 1.26 bits per heavy atom. The van der Waals surface area contributed by atoms with Gasteiger partial charge in [-0.1, -0.05) is 31.5 Å². The fourth-order valence-corrected chi connectivity index (χ4v) is 4.99. The van der Waals surface area contributed by atoms with Crippen molar-refractivity contribution >= 4 is 40.3 Å². The Bertz CT molecular complexity index is 880. The lowest BCUT2D eigenvalue weighted by Gasteiger charge is -2.30. The lowest BCUT2D eigenvalue weighted by molar-refractivity contribution is -0.139. The third-order valence-electron chi connectivity index (χ3n) is 4.48. The molecule has 0 bridgehead atoms. The van der Waals surface area contributed by atoms with E-state index in [9.17, 15) is 14.4 Å². The van der Waals surface area contributed by atoms with E-state index in [2.05, 4.69) is 10.4 Å². The number of fused-ring (bicyclic) bond motifs is 2. The SMILES string of the molecule is CC(=O)NC1=NN(C(C)=O)[C@@]2(S1)C(=O)N(CC(C)C)c1c(C)cc(C)cc12. The summed E-state index contributed by atoms with van der Waals surface area (Å²) in [6.07, 6.45) is 0. The molecule has 1 N–H and O–H groups in total. The fourth-order valence-electron chi connectivity index (χ4n) is 3.68. The number of hydrogen-bond donors (Lipinski definition) is 1. The molecule has 8 heteroatoms. The lowest BCUT2D eigenvalue weighted by Crippen LogP contribution is -2.49. The number of nitrogens with zero attached hydrogens (tertiary/aromatic N) is 3. The molecule has 7 nitrogen and oxygen atoms in total. The standard InChI is InChI=1S/C19H24N4O3S/c1-10(2)9-22-16-12(4)7-11(3)8-15(16)19(17(22)26)23(14(6)25)21-18(27-19)20-13(5)24/h7-8,10H,9H2,1-6H3,(H,20,21,24)/t19-/m0/s1. The van der Waals surface area contributed by atoms with E-state index in [-0.39, 0.29) is 28.8 Å². The van der Waals surface area contributed by atoms with Crippen LogP contribution in [0.5, 0.6) is 0 Å². The molecular weight excluding hydrogens is 364 g/mol. The van der Waals surface area contributed by atoms with Crippen molar-refractivity contribution in [1.82, 2.24) is 10.3 Å². The summed E-state index contributed by atoms with van der Waals surface area (Å²) in [6.45, 7) is 11.3. The van der Waals surface area contributed by atoms with Crippen molar-refractivity contribution in [2.75, 3.05) is 11.4 Å². The van der Waals surface area contributed by atoms with Gasteiger partial charge in [-0.3, -0.25) is 14.4 Å². The molecule has 1 spiro atoms. The van der Waals surface area contributed by atoms with E-state index in [1.54, 1.807) is 4.90 Å². The summed E-state index contributed by atoms with van der Waals surface area (Å²) in [7, 11) is 0. The van der Waals surface area contributed by atoms with Crippen molar-refractivity contribution in [3.05, 3.63) is 28.8 Å². The summed E-state index contributed by atoms with van der Waals surface area (Å²) >= 11 is 1.12. The van der Waals surface area contributed by atoms with E-state index < -0.39 is 4.87 Å². The Morgan fingerprint density at radius 3 is 2.48 bits per heavy atom. The highest BCUT2D eigenvalue weighted by Crippen LogP contribution is 2.55. The number of benzene rings is 1. The molecule has 144 valence electrons. The van der Waals surface area contributed by atoms with Crippen LogP contribution in [0.4, 0.5) is 5.69 Å². The first-order chi connectivity index (χ1) is 12.6. The highest BCUT2D eigenvalue weighted by Gasteiger charge is 2.61. The van der Waals surface area contributed by atoms with Crippen LogP contribution in [0.25, 0.3) is 0 Å². The van der Waals surface area contributed by atoms with Gasteiger partial charge in [0, 0.05) is 26.0 Å². The predicted molar refractivity (Wildman–Crippen MR) is 106 cm³/mol. The molecule has 27 heavy (non-hydrogen) atoms. The summed E-state index contributed by atoms with van der Waals surface area (Å²) in [5.41, 5.74) is 3.56. The van der Waals surface area contributed by atoms with Crippen molar-refractivity contribution in [3.8, 4) is 0 Å². The van der Waals surface area contributed by atoms with Gasteiger partial charge in [0.2, 0.25) is 16.7 Å². The third-order valence-corrected chi connectivity index (χ3v) is 5.72. The summed E-state index contributed by atoms with van der Waals surface area (Å²) in [6, 6.07) is 3.97. The van der Waals surface area contributed by atoms with Crippen molar-refractivity contribution in [1.29, 1.82) is 0 Å². The summed E-state index contributed by atoms with van der Waals surface area (Å²) in [5.74, 6) is -0.602. The number of rotatable bonds is 2. The second kappa shape index (κ2) is 6.67. The molecule has 3 amide bonds. The van der Waals surface area contributed by atoms with Gasteiger partial charge in [0.1, 0.15) is 0 Å². The number of carbonyl (C=O) groups excluding carboxylic acids is 3. The zero-order valence-electron chi connectivity index (χ0n) is 16.4. The van der Waals surface area contributed by atoms with Crippen LogP contribution >= 0.6 is 11.8 Å². The van der Waals surface area contributed by atoms with E-state index in [1.807, 2.05) is 39.8 Å². The quantitative estimate of drug-likeness (QED) is 0.844. The molecule has 0 unspecified atom stereocenters. The van der Waals surface area contributed by atoms with Crippen LogP contribution in [0.15, 0.2) is 17.2 Å². The maximum atomic E-state index is 13.7. The lowest BCUT2D eigenvalue weighted by atomic mass is 10.0. The van der Waals surface area contributed by atoms with Crippen LogP contribution < -0.4 is 10.2 Å². The molecule has 0 saturated carbocycles. The maximum absolute atomic E-state index is 13.7. The molecule has 3 rings (SSSR count). The van der Waals surface area contributed by atoms with Crippen LogP contribution in [0, 0.1) is 19.8 Å². The van der Waals surface area contributed by atoms with Gasteiger partial charge in [0.05, 0.1) is 5.69 Å². The number of nitrogens with one attached hydrogen (secondary N) is 1. The Hall–Kier alpha value is -2.35. The van der Waals surface area contributed by atoms with E-state index in [4.69, 9.17) is 0 Å². The molecule has 2 heterocycles. The van der Waals surface area contributed by atoms with E-state index in [0.717, 1.165) is 34.1 Å². The first-order valence-corrected chi connectivity index (χ1v) is 9.69. The predicted octanol–water partition coefficient (Wildman–Crippen LogP) is 2.46. The number of thioether (sulfide) groups is 1. The molecule has 0 saturated heterocycles. The molecule has 0 fully saturated rings. The molecule has 0 radical (unpaired) electrons. The summed E-state index contributed by atoms with van der Waals surface area (Å²) < 4.78 is 0. The Kier molecular flexibility index (Phi) is 4.80. The fraction of sp³-hybridized carbons (Fsp3) is 0.474. The first-order valence-electron chi connectivity index (χ1n) is 8.87. The molecule has 1 aromatic rings. The minimum atomic E-state index is -1.31. The average molecular weight is 388 g/mol. The van der Waals surface area contributed by atoms with Gasteiger partial charge in [-0.25, -0.2) is 0 Å². The van der Waals surface area contributed by atoms with Crippen LogP contribution in [0.2, 0.25) is 0 Å². The third kappa shape index (κ3) is 3.01. The monoisotopic (exact) mass is 388 g/mol. The number of hydrogen-bond acceptors (Lipinski definition) is 5. The molecule has 1 aromatic carbocycles. The Morgan fingerprint density at radius 2 is 1.93 bits per heavy atom. The van der Waals surface area contributed by atoms with Crippen LogP contribution in [-0.4, -0.2) is 34.4 Å². The number of amidine groups is 1. The number of hydrazone groups is 1. The normalized spacial score (nSPS) is 21.1. The van der Waals surface area contributed by atoms with Gasteiger partial charge < -0.3 is 10.2 Å². The number of anilines is 1. The molecule has 0 aromatic heterocycles. The van der Waals surface area contributed by atoms with Crippen molar-refractivity contribution in [2.24, 2.45) is 11.0 Å². The zero-order chi connectivity index (χ0) is 20.1. The van der Waals surface area contributed by atoms with Gasteiger partial charge in [-0.2, -0.15) is 5.01 Å². The molecule has 1 atom stereocenters. The van der Waals surface area contributed by atoms with Gasteiger partial charge in [-0.15, -0.1) is 5.10 Å². The van der Waals surface area contributed by atoms with Crippen LogP contribution in [-0.2, 0) is 19.3 Å². The Balaban J connectivity index is 2.22. The van der Waals surface area contributed by atoms with Crippen molar-refractivity contribution in [3.63, 3.8) is 0 Å². The smallest absolute Gasteiger partial charge is 0.270 e. The number of aryl methyl sites for hydroxylation is 2. The second-order valence-corrected chi connectivity index (χ2v) is 8.63. The molecule has 2 aliphatic heterocycles. The van der Waals surface area contributed by atoms with E-state index >= 15 is 0 Å². The first kappa shape index (κ1) is 19.4. The molecule has 2 aliphatic rings. The van der Waals surface area contributed by atoms with Crippen molar-refractivity contribution < 1.29 is 14.4 Å². The van der Waals surface area contributed by atoms with Gasteiger partial charge in [0.25, 0.3) is 5.91 Å². The highest BCUT2D eigenvalue weighted by atomic mass is 32.2. The van der Waals surface area contributed by atoms with E-state index in [0.29, 0.717) is 6.54 Å². The summed E-state index contributed by atoms with van der Waals surface area (Å²) in [4.78, 5) is 38.0. The van der Waals surface area contributed by atoms with Crippen molar-refractivity contribution in [2.45, 2.75) is 46.4 Å². The largest absolute Gasteiger partial charge is 0.308 e. The van der Waals surface area contributed by atoms with Crippen LogP contribution in [0.1, 0.15) is 44.4 Å². The second-order valence-electron chi connectivity index (χ2n) is 7.45. The number of carbonyl (C=O) groups is 3. The minimum absolute atomic E-state index is 0.204. The maximum Gasteiger partial charge on any atom is 0.270 e. The Labute approximate surface area is 163 Å². The molecule has 0 aliphatic carbocycles. The minimum Gasteiger partial charge on any atom is -0.308 e. The molecular formula is C19H24N4O3S. The summed E-state index contributed by atoms with van der Waals surface area (Å²) in [5, 5.41) is 8.36. The topological polar surface area (TPSA) is 82.1 Å². The number of amides is 3. The average Bonchev–Trinajstić information content (AvgIpc) is 3.00. The van der Waals surface area contributed by atoms with E-state index in [1.165, 1.54) is 18.9 Å². The zero-order valence-corrected chi connectivity index (χ0v) is 17.2.